The number of amides is 1. The van der Waals surface area contributed by atoms with Gasteiger partial charge in [-0.2, -0.15) is 0 Å². The van der Waals surface area contributed by atoms with Gasteiger partial charge in [0.1, 0.15) is 24.2 Å². The van der Waals surface area contributed by atoms with Crippen LogP contribution < -0.4 is 14.6 Å². The topological polar surface area (TPSA) is 71.1 Å². The molecule has 0 spiro atoms. The molecule has 4 aromatic carbocycles. The lowest BCUT2D eigenvalue weighted by Gasteiger charge is -2.40. The first kappa shape index (κ1) is 24.7. The van der Waals surface area contributed by atoms with E-state index in [2.05, 4.69) is 54.6 Å². The largest absolute Gasteiger partial charge is 0.530 e. The highest BCUT2D eigenvalue weighted by atomic mass is 16.5. The van der Waals surface area contributed by atoms with Gasteiger partial charge in [0.05, 0.1) is 19.8 Å². The number of fused-ring (bicyclic) bond motifs is 1. The fraction of sp³-hybridized carbons (Fsp3) is 0.258. The molecule has 1 fully saturated rings. The quantitative estimate of drug-likeness (QED) is 0.338. The average Bonchev–Trinajstić information content (AvgIpc) is 2.95. The molecule has 0 aromatic heterocycles. The summed E-state index contributed by atoms with van der Waals surface area (Å²) >= 11 is 0. The molecule has 0 N–H and O–H groups in total. The summed E-state index contributed by atoms with van der Waals surface area (Å²) in [5.74, 6) is 1.66. The Labute approximate surface area is 217 Å². The molecule has 1 aliphatic rings. The maximum absolute atomic E-state index is 11.6. The van der Waals surface area contributed by atoms with Crippen LogP contribution >= 0.6 is 0 Å². The number of rotatable bonds is 8. The molecule has 37 heavy (non-hydrogen) atoms. The predicted octanol–water partition coefficient (Wildman–Crippen LogP) is 5.15. The van der Waals surface area contributed by atoms with Crippen molar-refractivity contribution in [2.75, 3.05) is 20.2 Å². The number of carbonyl (C=O) groups is 1. The lowest BCUT2D eigenvalue weighted by molar-refractivity contribution is -0.268. The molecule has 2 atom stereocenters. The number of benzene rings is 4. The van der Waals surface area contributed by atoms with Crippen LogP contribution in [0.1, 0.15) is 29.0 Å². The van der Waals surface area contributed by atoms with E-state index in [-0.39, 0.29) is 12.0 Å². The van der Waals surface area contributed by atoms with Crippen molar-refractivity contribution in [3.8, 4) is 11.5 Å². The van der Waals surface area contributed by atoms with Crippen LogP contribution in [-0.2, 0) is 18.0 Å². The zero-order chi connectivity index (χ0) is 25.6. The molecule has 6 heteroatoms. The summed E-state index contributed by atoms with van der Waals surface area (Å²) in [6.45, 7) is 1.60. The molecule has 0 saturated carbocycles. The number of carboxylic acid groups (broad SMARTS) is 1. The number of methoxy groups -OCH3 is 1. The first-order chi connectivity index (χ1) is 18.1. The van der Waals surface area contributed by atoms with Gasteiger partial charge in [0.25, 0.3) is 0 Å². The number of ether oxygens (including phenoxy) is 3. The lowest BCUT2D eigenvalue weighted by Crippen LogP contribution is -2.51. The minimum atomic E-state index is -1.15. The van der Waals surface area contributed by atoms with Gasteiger partial charge in [0, 0.05) is 19.0 Å². The SMILES string of the molecule is COc1ccc(OCc2ccc(C3CCN(C(=O)[O-])CC3OCc3ccc4ccccc4c3)cc2)cc1. The Balaban J connectivity index is 1.25. The number of likely N-dealkylation sites (tertiary alicyclic amines) is 1. The number of piperidine rings is 1. The van der Waals surface area contributed by atoms with E-state index in [1.54, 1.807) is 7.11 Å². The van der Waals surface area contributed by atoms with Gasteiger partial charge in [-0.25, -0.2) is 0 Å². The van der Waals surface area contributed by atoms with Crippen molar-refractivity contribution >= 4 is 16.9 Å². The molecule has 2 unspecified atom stereocenters. The monoisotopic (exact) mass is 496 g/mol. The van der Waals surface area contributed by atoms with Crippen LogP contribution in [0.5, 0.6) is 11.5 Å². The molecule has 1 aliphatic heterocycles. The van der Waals surface area contributed by atoms with Gasteiger partial charge in [-0.1, -0.05) is 60.7 Å². The molecule has 1 heterocycles. The molecule has 5 rings (SSSR count). The third kappa shape index (κ3) is 6.04. The molecule has 4 aromatic rings. The Kier molecular flexibility index (Phi) is 7.57. The fourth-order valence-electron chi connectivity index (χ4n) is 4.86. The second kappa shape index (κ2) is 11.4. The zero-order valence-corrected chi connectivity index (χ0v) is 20.8. The van der Waals surface area contributed by atoms with E-state index in [0.29, 0.717) is 32.7 Å². The standard InChI is InChI=1S/C31H31NO5/c1-35-27-12-14-28(15-13-27)36-20-22-6-10-25(11-7-22)29-16-17-32(31(33)34)19-30(29)37-21-23-8-9-24-4-2-3-5-26(24)18-23/h2-15,18,29-30H,16-17,19-21H2,1H3,(H,33,34)/p-1. The van der Waals surface area contributed by atoms with E-state index in [1.807, 2.05) is 36.4 Å². The highest BCUT2D eigenvalue weighted by Gasteiger charge is 2.31. The van der Waals surface area contributed by atoms with Crippen molar-refractivity contribution < 1.29 is 24.1 Å². The number of nitrogens with zero attached hydrogens (tertiary/aromatic N) is 1. The summed E-state index contributed by atoms with van der Waals surface area (Å²) in [6.07, 6.45) is -0.735. The van der Waals surface area contributed by atoms with E-state index in [4.69, 9.17) is 14.2 Å². The summed E-state index contributed by atoms with van der Waals surface area (Å²) in [4.78, 5) is 12.9. The molecule has 0 radical (unpaired) electrons. The van der Waals surface area contributed by atoms with Crippen molar-refractivity contribution in [1.82, 2.24) is 4.90 Å². The van der Waals surface area contributed by atoms with E-state index in [0.717, 1.165) is 33.6 Å². The van der Waals surface area contributed by atoms with Gasteiger partial charge in [-0.3, -0.25) is 0 Å². The van der Waals surface area contributed by atoms with Crippen LogP contribution in [0.2, 0.25) is 0 Å². The predicted molar refractivity (Wildman–Crippen MR) is 141 cm³/mol. The van der Waals surface area contributed by atoms with Gasteiger partial charge in [-0.05, 0) is 64.2 Å². The first-order valence-corrected chi connectivity index (χ1v) is 12.5. The van der Waals surface area contributed by atoms with Crippen LogP contribution in [-0.4, -0.2) is 37.3 Å². The molecule has 0 bridgehead atoms. The first-order valence-electron chi connectivity index (χ1n) is 12.5. The Hall–Kier alpha value is -4.03. The van der Waals surface area contributed by atoms with Crippen molar-refractivity contribution in [3.05, 3.63) is 108 Å². The third-order valence-corrected chi connectivity index (χ3v) is 6.97. The van der Waals surface area contributed by atoms with E-state index < -0.39 is 6.09 Å². The van der Waals surface area contributed by atoms with Crippen molar-refractivity contribution in [2.24, 2.45) is 0 Å². The van der Waals surface area contributed by atoms with Gasteiger partial charge in [-0.15, -0.1) is 0 Å². The number of carbonyl (C=O) groups excluding carboxylic acids is 1. The smallest absolute Gasteiger partial charge is 0.137 e. The van der Waals surface area contributed by atoms with Crippen LogP contribution in [0, 0.1) is 0 Å². The summed E-state index contributed by atoms with van der Waals surface area (Å²) in [6, 6.07) is 30.3. The maximum atomic E-state index is 11.6. The van der Waals surface area contributed by atoms with Gasteiger partial charge >= 0.3 is 0 Å². The molecule has 6 nitrogen and oxygen atoms in total. The Morgan fingerprint density at radius 1 is 0.865 bits per heavy atom. The molecular formula is C31H30NO5-. The van der Waals surface area contributed by atoms with E-state index in [9.17, 15) is 9.90 Å². The van der Waals surface area contributed by atoms with Crippen molar-refractivity contribution in [3.63, 3.8) is 0 Å². The molecule has 1 saturated heterocycles. The summed E-state index contributed by atoms with van der Waals surface area (Å²) in [5, 5.41) is 13.9. The van der Waals surface area contributed by atoms with Crippen LogP contribution in [0.15, 0.2) is 91.0 Å². The average molecular weight is 497 g/mol. The van der Waals surface area contributed by atoms with Crippen LogP contribution in [0.4, 0.5) is 4.79 Å². The molecule has 190 valence electrons. The molecule has 0 aliphatic carbocycles. The summed E-state index contributed by atoms with van der Waals surface area (Å²) < 4.78 is 17.4. The van der Waals surface area contributed by atoms with Gasteiger partial charge < -0.3 is 29.0 Å². The summed E-state index contributed by atoms with van der Waals surface area (Å²) in [5.41, 5.74) is 3.25. The normalized spacial score (nSPS) is 17.5. The van der Waals surface area contributed by atoms with Crippen molar-refractivity contribution in [1.29, 1.82) is 0 Å². The number of hydrogen-bond donors (Lipinski definition) is 0. The highest BCUT2D eigenvalue weighted by molar-refractivity contribution is 5.82. The van der Waals surface area contributed by atoms with Gasteiger partial charge in [0.15, 0.2) is 0 Å². The Morgan fingerprint density at radius 3 is 2.30 bits per heavy atom. The second-order valence-electron chi connectivity index (χ2n) is 9.34. The van der Waals surface area contributed by atoms with Crippen LogP contribution in [0.3, 0.4) is 0 Å². The molecule has 1 amide bonds. The maximum Gasteiger partial charge on any atom is 0.137 e. The molecular weight excluding hydrogens is 466 g/mol. The van der Waals surface area contributed by atoms with Gasteiger partial charge in [0.2, 0.25) is 0 Å². The van der Waals surface area contributed by atoms with E-state index >= 15 is 0 Å². The summed E-state index contributed by atoms with van der Waals surface area (Å²) in [7, 11) is 1.64. The highest BCUT2D eigenvalue weighted by Crippen LogP contribution is 2.32. The zero-order valence-electron chi connectivity index (χ0n) is 20.8. The van der Waals surface area contributed by atoms with Crippen LogP contribution in [0.25, 0.3) is 10.8 Å². The number of hydrogen-bond acceptors (Lipinski definition) is 5. The van der Waals surface area contributed by atoms with Crippen molar-refractivity contribution in [2.45, 2.75) is 31.7 Å². The van der Waals surface area contributed by atoms with E-state index in [1.165, 1.54) is 10.3 Å². The minimum absolute atomic E-state index is 0.0904. The third-order valence-electron chi connectivity index (χ3n) is 6.97. The second-order valence-corrected chi connectivity index (χ2v) is 9.34. The Bertz CT molecular complexity index is 1340. The lowest BCUT2D eigenvalue weighted by atomic mass is 9.86. The minimum Gasteiger partial charge on any atom is -0.530 e. The fourth-order valence-corrected chi connectivity index (χ4v) is 4.86. The Morgan fingerprint density at radius 2 is 1.57 bits per heavy atom.